The minimum Gasteiger partial charge on any atom is -0.478 e. The van der Waals surface area contributed by atoms with Crippen molar-refractivity contribution in [2.75, 3.05) is 4.72 Å². The lowest BCUT2D eigenvalue weighted by Crippen LogP contribution is -2.15. The van der Waals surface area contributed by atoms with E-state index in [2.05, 4.69) is 4.98 Å². The molecule has 106 valence electrons. The van der Waals surface area contributed by atoms with Crippen molar-refractivity contribution >= 4 is 21.7 Å². The molecule has 6 nitrogen and oxygen atoms in total. The van der Waals surface area contributed by atoms with E-state index in [1.54, 1.807) is 0 Å². The Hall–Kier alpha value is -2.42. The third kappa shape index (κ3) is 2.62. The molecule has 0 aliphatic rings. The predicted octanol–water partition coefficient (Wildman–Crippen LogP) is 1.79. The van der Waals surface area contributed by atoms with Crippen LogP contribution >= 0.6 is 0 Å². The Morgan fingerprint density at radius 3 is 2.45 bits per heavy atom. The van der Waals surface area contributed by atoms with Crippen LogP contribution in [0.5, 0.6) is 0 Å². The summed E-state index contributed by atoms with van der Waals surface area (Å²) in [7, 11) is -4.09. The van der Waals surface area contributed by atoms with Gasteiger partial charge in [-0.15, -0.1) is 0 Å². The Labute approximate surface area is 112 Å². The summed E-state index contributed by atoms with van der Waals surface area (Å²) < 4.78 is 51.8. The molecule has 0 amide bonds. The van der Waals surface area contributed by atoms with Crippen molar-refractivity contribution in [1.82, 2.24) is 4.98 Å². The summed E-state index contributed by atoms with van der Waals surface area (Å²) in [5, 5.41) is 8.88. The number of aromatic amines is 1. The van der Waals surface area contributed by atoms with Crippen molar-refractivity contribution in [3.63, 3.8) is 0 Å². The lowest BCUT2D eigenvalue weighted by molar-refractivity contribution is 0.0697. The molecule has 1 aromatic heterocycles. The number of anilines is 1. The average molecular weight is 302 g/mol. The van der Waals surface area contributed by atoms with Crippen molar-refractivity contribution in [3.8, 4) is 0 Å². The third-order valence-electron chi connectivity index (χ3n) is 2.41. The largest absolute Gasteiger partial charge is 0.478 e. The van der Waals surface area contributed by atoms with Crippen LogP contribution in [0.2, 0.25) is 0 Å². The van der Waals surface area contributed by atoms with Crippen molar-refractivity contribution in [2.45, 2.75) is 4.90 Å². The minimum absolute atomic E-state index is 0.168. The molecule has 20 heavy (non-hydrogen) atoms. The molecule has 1 aromatic carbocycles. The molecule has 0 saturated heterocycles. The van der Waals surface area contributed by atoms with Gasteiger partial charge in [-0.1, -0.05) is 0 Å². The van der Waals surface area contributed by atoms with E-state index in [0.29, 0.717) is 12.1 Å². The number of hydrogen-bond donors (Lipinski definition) is 3. The molecule has 0 atom stereocenters. The van der Waals surface area contributed by atoms with Gasteiger partial charge in [-0.2, -0.15) is 0 Å². The van der Waals surface area contributed by atoms with Gasteiger partial charge in [-0.3, -0.25) is 4.72 Å². The number of carboxylic acids is 1. The van der Waals surface area contributed by atoms with Crippen LogP contribution < -0.4 is 4.72 Å². The zero-order valence-corrected chi connectivity index (χ0v) is 10.5. The summed E-state index contributed by atoms with van der Waals surface area (Å²) in [4.78, 5) is 13.3. The number of carbonyl (C=O) groups is 1. The van der Waals surface area contributed by atoms with E-state index < -0.39 is 38.9 Å². The van der Waals surface area contributed by atoms with Gasteiger partial charge in [-0.05, 0) is 12.1 Å². The van der Waals surface area contributed by atoms with E-state index in [9.17, 15) is 22.0 Å². The Balaban J connectivity index is 2.49. The number of hydrogen-bond acceptors (Lipinski definition) is 3. The molecule has 0 fully saturated rings. The number of nitrogens with one attached hydrogen (secondary N) is 2. The first-order valence-electron chi connectivity index (χ1n) is 5.19. The first-order chi connectivity index (χ1) is 9.31. The molecule has 0 aliphatic carbocycles. The first-order valence-corrected chi connectivity index (χ1v) is 6.67. The zero-order valence-electron chi connectivity index (χ0n) is 9.72. The molecule has 0 radical (unpaired) electrons. The number of rotatable bonds is 4. The van der Waals surface area contributed by atoms with E-state index in [-0.39, 0.29) is 4.90 Å². The highest BCUT2D eigenvalue weighted by Gasteiger charge is 2.21. The lowest BCUT2D eigenvalue weighted by Gasteiger charge is -2.10. The van der Waals surface area contributed by atoms with E-state index >= 15 is 0 Å². The maximum absolute atomic E-state index is 13.1. The quantitative estimate of drug-likeness (QED) is 0.801. The highest BCUT2D eigenvalue weighted by atomic mass is 32.2. The van der Waals surface area contributed by atoms with Gasteiger partial charge in [0, 0.05) is 18.5 Å². The van der Waals surface area contributed by atoms with Crippen LogP contribution in [0, 0.1) is 11.6 Å². The van der Waals surface area contributed by atoms with Crippen molar-refractivity contribution in [3.05, 3.63) is 47.8 Å². The van der Waals surface area contributed by atoms with Gasteiger partial charge < -0.3 is 10.1 Å². The topological polar surface area (TPSA) is 99.3 Å². The molecule has 1 heterocycles. The molecule has 0 aliphatic heterocycles. The number of benzene rings is 1. The molecule has 9 heteroatoms. The number of aromatic carboxylic acids is 1. The molecule has 3 N–H and O–H groups in total. The first kappa shape index (κ1) is 14.0. The Morgan fingerprint density at radius 1 is 1.25 bits per heavy atom. The Bertz CT molecular complexity index is 757. The second-order valence-corrected chi connectivity index (χ2v) is 5.45. The maximum Gasteiger partial charge on any atom is 0.337 e. The normalized spacial score (nSPS) is 11.3. The van der Waals surface area contributed by atoms with Gasteiger partial charge in [0.25, 0.3) is 10.0 Å². The van der Waals surface area contributed by atoms with Crippen LogP contribution in [-0.4, -0.2) is 24.5 Å². The molecule has 2 rings (SSSR count). The number of carboxylic acid groups (broad SMARTS) is 1. The number of aromatic nitrogens is 1. The van der Waals surface area contributed by atoms with Crippen LogP contribution in [0.25, 0.3) is 0 Å². The highest BCUT2D eigenvalue weighted by molar-refractivity contribution is 7.92. The highest BCUT2D eigenvalue weighted by Crippen LogP contribution is 2.23. The molecular formula is C11H8F2N2O4S. The molecule has 0 spiro atoms. The van der Waals surface area contributed by atoms with Crippen molar-refractivity contribution in [1.29, 1.82) is 0 Å². The molecular weight excluding hydrogens is 294 g/mol. The molecule has 0 saturated carbocycles. The van der Waals surface area contributed by atoms with E-state index in [4.69, 9.17) is 5.11 Å². The van der Waals surface area contributed by atoms with Crippen molar-refractivity contribution < 1.29 is 27.1 Å². The van der Waals surface area contributed by atoms with Crippen LogP contribution in [0.15, 0.2) is 35.5 Å². The minimum atomic E-state index is -4.09. The second-order valence-electron chi connectivity index (χ2n) is 3.77. The number of halogens is 2. The fourth-order valence-corrected chi connectivity index (χ4v) is 2.53. The Kier molecular flexibility index (Phi) is 3.45. The third-order valence-corrected chi connectivity index (χ3v) is 3.78. The summed E-state index contributed by atoms with van der Waals surface area (Å²) in [6, 6.07) is 2.11. The SMILES string of the molecule is O=C(O)c1cc(F)c(F)cc1NS(=O)(=O)c1cc[nH]c1. The van der Waals surface area contributed by atoms with E-state index in [1.165, 1.54) is 12.3 Å². The predicted molar refractivity (Wildman–Crippen MR) is 64.9 cm³/mol. The van der Waals surface area contributed by atoms with Crippen LogP contribution in [0.3, 0.4) is 0 Å². The summed E-state index contributed by atoms with van der Waals surface area (Å²) in [6.07, 6.45) is 2.50. The van der Waals surface area contributed by atoms with Gasteiger partial charge in [-0.25, -0.2) is 22.0 Å². The number of H-pyrrole nitrogens is 1. The van der Waals surface area contributed by atoms with E-state index in [1.807, 2.05) is 4.72 Å². The van der Waals surface area contributed by atoms with Crippen LogP contribution in [0.1, 0.15) is 10.4 Å². The fraction of sp³-hybridized carbons (Fsp3) is 0. The Morgan fingerprint density at radius 2 is 1.90 bits per heavy atom. The number of sulfonamides is 1. The monoisotopic (exact) mass is 302 g/mol. The van der Waals surface area contributed by atoms with E-state index in [0.717, 1.165) is 6.20 Å². The summed E-state index contributed by atoms with van der Waals surface area (Å²) >= 11 is 0. The molecule has 0 bridgehead atoms. The van der Waals surface area contributed by atoms with Gasteiger partial charge in [0.05, 0.1) is 11.3 Å². The second kappa shape index (κ2) is 4.93. The standard InChI is InChI=1S/C11H8F2N2O4S/c12-8-3-7(11(16)17)10(4-9(8)13)15-20(18,19)6-1-2-14-5-6/h1-5,14-15H,(H,16,17). The lowest BCUT2D eigenvalue weighted by atomic mass is 10.2. The average Bonchev–Trinajstić information content (AvgIpc) is 2.87. The van der Waals surface area contributed by atoms with Gasteiger partial charge in [0.2, 0.25) is 0 Å². The summed E-state index contributed by atoms with van der Waals surface area (Å²) in [5.41, 5.74) is -1.25. The molecule has 0 unspecified atom stereocenters. The zero-order chi connectivity index (χ0) is 14.9. The van der Waals surface area contributed by atoms with Gasteiger partial charge >= 0.3 is 5.97 Å². The fourth-order valence-electron chi connectivity index (χ4n) is 1.49. The van der Waals surface area contributed by atoms with Crippen LogP contribution in [-0.2, 0) is 10.0 Å². The smallest absolute Gasteiger partial charge is 0.337 e. The maximum atomic E-state index is 13.1. The summed E-state index contributed by atoms with van der Waals surface area (Å²) in [5.74, 6) is -4.33. The summed E-state index contributed by atoms with van der Waals surface area (Å²) in [6.45, 7) is 0. The van der Waals surface area contributed by atoms with Crippen molar-refractivity contribution in [2.24, 2.45) is 0 Å². The van der Waals surface area contributed by atoms with Gasteiger partial charge in [0.15, 0.2) is 11.6 Å². The van der Waals surface area contributed by atoms with Crippen LogP contribution in [0.4, 0.5) is 14.5 Å². The van der Waals surface area contributed by atoms with Gasteiger partial charge in [0.1, 0.15) is 4.90 Å². The molecule has 2 aromatic rings.